The molecule has 1 heterocycles. The molecule has 1 aromatic rings. The van der Waals surface area contributed by atoms with Crippen LogP contribution in [-0.4, -0.2) is 29.4 Å². The van der Waals surface area contributed by atoms with E-state index >= 15 is 0 Å². The van der Waals surface area contributed by atoms with Gasteiger partial charge in [0.1, 0.15) is 0 Å². The molecule has 1 aliphatic rings. The molecule has 0 saturated carbocycles. The maximum atomic E-state index is 9.61. The first kappa shape index (κ1) is 12.9. The van der Waals surface area contributed by atoms with E-state index in [4.69, 9.17) is 0 Å². The molecule has 3 nitrogen and oxygen atoms in total. The minimum Gasteiger partial charge on any atom is -0.393 e. The predicted molar refractivity (Wildman–Crippen MR) is 72.1 cm³/mol. The van der Waals surface area contributed by atoms with Crippen molar-refractivity contribution >= 4 is 21.6 Å². The third-order valence-corrected chi connectivity index (χ3v) is 3.96. The fourth-order valence-corrected chi connectivity index (χ4v) is 2.71. The van der Waals surface area contributed by atoms with Gasteiger partial charge in [0.25, 0.3) is 0 Å². The molecule has 94 valence electrons. The van der Waals surface area contributed by atoms with E-state index in [9.17, 15) is 10.2 Å². The van der Waals surface area contributed by atoms with Crippen molar-refractivity contribution in [2.75, 3.05) is 18.0 Å². The lowest BCUT2D eigenvalue weighted by molar-refractivity contribution is 0.136. The summed E-state index contributed by atoms with van der Waals surface area (Å²) in [6.07, 6.45) is 0.749. The van der Waals surface area contributed by atoms with Gasteiger partial charge >= 0.3 is 0 Å². The van der Waals surface area contributed by atoms with Crippen molar-refractivity contribution in [3.63, 3.8) is 0 Å². The van der Waals surface area contributed by atoms with Gasteiger partial charge in [-0.05, 0) is 25.5 Å². The molecule has 4 heteroatoms. The number of halogens is 1. The van der Waals surface area contributed by atoms with Crippen LogP contribution in [-0.2, 0) is 6.61 Å². The van der Waals surface area contributed by atoms with Crippen LogP contribution < -0.4 is 4.90 Å². The minimum absolute atomic E-state index is 0.0540. The highest BCUT2D eigenvalue weighted by molar-refractivity contribution is 9.10. The average molecular weight is 300 g/mol. The Hall–Kier alpha value is -0.580. The first-order chi connectivity index (χ1) is 8.11. The summed E-state index contributed by atoms with van der Waals surface area (Å²) < 4.78 is 1.02. The molecule has 2 unspecified atom stereocenters. The molecule has 1 saturated heterocycles. The Morgan fingerprint density at radius 2 is 2.29 bits per heavy atom. The molecule has 0 radical (unpaired) electrons. The highest BCUT2D eigenvalue weighted by Crippen LogP contribution is 2.30. The molecule has 1 aromatic carbocycles. The van der Waals surface area contributed by atoms with E-state index in [0.717, 1.165) is 35.2 Å². The quantitative estimate of drug-likeness (QED) is 0.899. The van der Waals surface area contributed by atoms with Gasteiger partial charge in [-0.15, -0.1) is 0 Å². The zero-order valence-corrected chi connectivity index (χ0v) is 11.5. The van der Waals surface area contributed by atoms with Crippen molar-refractivity contribution in [1.29, 1.82) is 0 Å². The maximum absolute atomic E-state index is 9.61. The summed E-state index contributed by atoms with van der Waals surface area (Å²) in [6.45, 7) is 3.71. The number of hydrogen-bond acceptors (Lipinski definition) is 3. The summed E-state index contributed by atoms with van der Waals surface area (Å²) in [4.78, 5) is 2.24. The molecule has 17 heavy (non-hydrogen) atoms. The molecule has 0 aliphatic carbocycles. The fourth-order valence-electron chi connectivity index (χ4n) is 2.36. The van der Waals surface area contributed by atoms with Gasteiger partial charge in [0, 0.05) is 34.7 Å². The SMILES string of the molecule is CC(O)C1CCN(c2cc(Br)ccc2CO)C1. The smallest absolute Gasteiger partial charge is 0.0702 e. The Kier molecular flexibility index (Phi) is 4.07. The molecule has 1 fully saturated rings. The van der Waals surface area contributed by atoms with Crippen molar-refractivity contribution < 1.29 is 10.2 Å². The van der Waals surface area contributed by atoms with Crippen LogP contribution >= 0.6 is 15.9 Å². The zero-order valence-electron chi connectivity index (χ0n) is 9.93. The lowest BCUT2D eigenvalue weighted by atomic mass is 10.0. The molecule has 0 spiro atoms. The number of hydrogen-bond donors (Lipinski definition) is 2. The second kappa shape index (κ2) is 5.38. The standard InChI is InChI=1S/C13H18BrNO2/c1-9(17)10-4-5-15(7-10)13-6-12(14)3-2-11(13)8-16/h2-3,6,9-10,16-17H,4-5,7-8H2,1H3. The summed E-state index contributed by atoms with van der Waals surface area (Å²) in [5.74, 6) is 0.334. The fraction of sp³-hybridized carbons (Fsp3) is 0.538. The van der Waals surface area contributed by atoms with Gasteiger partial charge in [0.2, 0.25) is 0 Å². The second-order valence-corrected chi connectivity index (χ2v) is 5.58. The third kappa shape index (κ3) is 2.81. The highest BCUT2D eigenvalue weighted by atomic mass is 79.9. The van der Waals surface area contributed by atoms with Crippen LogP contribution in [0.1, 0.15) is 18.9 Å². The zero-order chi connectivity index (χ0) is 12.4. The third-order valence-electron chi connectivity index (χ3n) is 3.47. The van der Waals surface area contributed by atoms with Crippen LogP contribution in [0.25, 0.3) is 0 Å². The van der Waals surface area contributed by atoms with E-state index in [1.54, 1.807) is 0 Å². The molecule has 2 atom stereocenters. The van der Waals surface area contributed by atoms with Crippen molar-refractivity contribution in [1.82, 2.24) is 0 Å². The second-order valence-electron chi connectivity index (χ2n) is 4.67. The number of aliphatic hydroxyl groups is 2. The van der Waals surface area contributed by atoms with E-state index in [0.29, 0.717) is 5.92 Å². The average Bonchev–Trinajstić information content (AvgIpc) is 2.78. The summed E-state index contributed by atoms with van der Waals surface area (Å²) in [5.41, 5.74) is 2.02. The molecular formula is C13H18BrNO2. The van der Waals surface area contributed by atoms with Crippen molar-refractivity contribution in [3.8, 4) is 0 Å². The van der Waals surface area contributed by atoms with Gasteiger partial charge < -0.3 is 15.1 Å². The monoisotopic (exact) mass is 299 g/mol. The molecule has 0 amide bonds. The van der Waals surface area contributed by atoms with Crippen LogP contribution in [0.15, 0.2) is 22.7 Å². The van der Waals surface area contributed by atoms with Gasteiger partial charge in [-0.1, -0.05) is 22.0 Å². The van der Waals surface area contributed by atoms with Gasteiger partial charge in [0.15, 0.2) is 0 Å². The van der Waals surface area contributed by atoms with E-state index in [1.165, 1.54) is 0 Å². The molecule has 0 aromatic heterocycles. The highest BCUT2D eigenvalue weighted by Gasteiger charge is 2.27. The van der Waals surface area contributed by atoms with Crippen molar-refractivity contribution in [2.45, 2.75) is 26.1 Å². The first-order valence-electron chi connectivity index (χ1n) is 5.94. The van der Waals surface area contributed by atoms with Gasteiger partial charge in [-0.3, -0.25) is 0 Å². The summed E-state index contributed by atoms with van der Waals surface area (Å²) >= 11 is 3.46. The van der Waals surface area contributed by atoms with Crippen LogP contribution in [0.2, 0.25) is 0 Å². The molecule has 1 aliphatic heterocycles. The Bertz CT molecular complexity index is 395. The van der Waals surface area contributed by atoms with Crippen LogP contribution in [0.5, 0.6) is 0 Å². The predicted octanol–water partition coefficient (Wildman–Crippen LogP) is 2.15. The van der Waals surface area contributed by atoms with Crippen LogP contribution in [0.3, 0.4) is 0 Å². The Balaban J connectivity index is 2.20. The van der Waals surface area contributed by atoms with E-state index in [-0.39, 0.29) is 12.7 Å². The Labute approximate surface area is 110 Å². The van der Waals surface area contributed by atoms with E-state index in [2.05, 4.69) is 20.8 Å². The molecule has 0 bridgehead atoms. The largest absolute Gasteiger partial charge is 0.393 e. The number of nitrogens with zero attached hydrogens (tertiary/aromatic N) is 1. The van der Waals surface area contributed by atoms with E-state index < -0.39 is 0 Å². The van der Waals surface area contributed by atoms with Crippen molar-refractivity contribution in [3.05, 3.63) is 28.2 Å². The van der Waals surface area contributed by atoms with Crippen LogP contribution in [0, 0.1) is 5.92 Å². The summed E-state index contributed by atoms with van der Waals surface area (Å²) in [7, 11) is 0. The summed E-state index contributed by atoms with van der Waals surface area (Å²) in [5, 5.41) is 19.0. The number of benzene rings is 1. The number of aliphatic hydroxyl groups excluding tert-OH is 2. The molecule has 2 N–H and O–H groups in total. The lowest BCUT2D eigenvalue weighted by Crippen LogP contribution is -2.24. The lowest BCUT2D eigenvalue weighted by Gasteiger charge is -2.22. The normalized spacial score (nSPS) is 21.9. The Morgan fingerprint density at radius 3 is 2.88 bits per heavy atom. The molecule has 2 rings (SSSR count). The van der Waals surface area contributed by atoms with Gasteiger partial charge in [0.05, 0.1) is 12.7 Å². The van der Waals surface area contributed by atoms with Crippen LogP contribution in [0.4, 0.5) is 5.69 Å². The Morgan fingerprint density at radius 1 is 1.53 bits per heavy atom. The maximum Gasteiger partial charge on any atom is 0.0702 e. The van der Waals surface area contributed by atoms with Gasteiger partial charge in [-0.25, -0.2) is 0 Å². The minimum atomic E-state index is -0.260. The number of anilines is 1. The topological polar surface area (TPSA) is 43.7 Å². The van der Waals surface area contributed by atoms with E-state index in [1.807, 2.05) is 25.1 Å². The van der Waals surface area contributed by atoms with Gasteiger partial charge in [-0.2, -0.15) is 0 Å². The first-order valence-corrected chi connectivity index (χ1v) is 6.73. The van der Waals surface area contributed by atoms with Crippen molar-refractivity contribution in [2.24, 2.45) is 5.92 Å². The number of rotatable bonds is 3. The molecular weight excluding hydrogens is 282 g/mol. The summed E-state index contributed by atoms with van der Waals surface area (Å²) in [6, 6.07) is 5.92.